The average molecular weight is 586 g/mol. The fraction of sp³-hybridized carbons (Fsp3) is 0.0270. The zero-order chi connectivity index (χ0) is 26.6. The van der Waals surface area contributed by atoms with Crippen LogP contribution < -0.4 is 15.9 Å². The Hall–Kier alpha value is -3.77. The molecule has 6 rings (SSSR count). The first-order chi connectivity index (χ1) is 19.2. The van der Waals surface area contributed by atoms with Crippen molar-refractivity contribution in [3.05, 3.63) is 175 Å². The summed E-state index contributed by atoms with van der Waals surface area (Å²) in [4.78, 5) is 0. The molecule has 0 amide bonds. The van der Waals surface area contributed by atoms with E-state index < -0.39 is 5.31 Å². The summed E-state index contributed by atoms with van der Waals surface area (Å²) < 4.78 is 0. The third-order valence-electron chi connectivity index (χ3n) is 7.67. The van der Waals surface area contributed by atoms with Crippen molar-refractivity contribution in [1.29, 1.82) is 0 Å². The van der Waals surface area contributed by atoms with E-state index in [1.807, 2.05) is 0 Å². The Morgan fingerprint density at radius 2 is 0.718 bits per heavy atom. The summed E-state index contributed by atoms with van der Waals surface area (Å²) in [5, 5.41) is 0.882. The minimum absolute atomic E-state index is 0.861. The first kappa shape index (κ1) is 25.5. The maximum atomic E-state index is 4.63. The predicted molar refractivity (Wildman–Crippen MR) is 175 cm³/mol. The van der Waals surface area contributed by atoms with Gasteiger partial charge in [0.25, 0.3) is 0 Å². The van der Waals surface area contributed by atoms with E-state index in [1.54, 1.807) is 0 Å². The Bertz CT molecular complexity index is 1560. The molecule has 190 valence electrons. The summed E-state index contributed by atoms with van der Waals surface area (Å²) in [6.45, 7) is 0. The molecule has 0 heterocycles. The molecule has 6 aromatic rings. The molecule has 0 aliphatic heterocycles. The molecule has 0 saturated carbocycles. The van der Waals surface area contributed by atoms with Crippen LogP contribution in [0, 0.1) is 0 Å². The molecule has 0 fully saturated rings. The van der Waals surface area contributed by atoms with Crippen molar-refractivity contribution in [3.63, 3.8) is 0 Å². The zero-order valence-corrected chi connectivity index (χ0v) is 24.2. The second-order valence-corrected chi connectivity index (χ2v) is 18.9. The molecule has 0 radical (unpaired) electrons. The number of rotatable bonds is 7. The van der Waals surface area contributed by atoms with Gasteiger partial charge in [-0.2, -0.15) is 0 Å². The standard InChI is InChI=1S/C37H30BrP/c38-39(34-18-7-2-8-19-34,35-20-9-3-10-21-35,36-22-11-4-12-23-36)29-33-17-13-14-24-37(33)32-27-25-31(26-28-32)30-15-5-1-6-16-30/h1-28H,29H2. The average Bonchev–Trinajstić information content (AvgIpc) is 3.03. The molecule has 0 aliphatic carbocycles. The van der Waals surface area contributed by atoms with Crippen LogP contribution in [0.1, 0.15) is 5.56 Å². The second-order valence-electron chi connectivity index (χ2n) is 9.95. The van der Waals surface area contributed by atoms with Gasteiger partial charge in [0.15, 0.2) is 0 Å². The molecule has 0 saturated heterocycles. The van der Waals surface area contributed by atoms with Gasteiger partial charge in [-0.1, -0.05) is 0 Å². The molecule has 0 aliphatic rings. The Labute approximate surface area is 239 Å². The van der Waals surface area contributed by atoms with Crippen molar-refractivity contribution in [2.24, 2.45) is 0 Å². The quantitative estimate of drug-likeness (QED) is 0.164. The van der Waals surface area contributed by atoms with E-state index in [1.165, 1.54) is 43.7 Å². The van der Waals surface area contributed by atoms with E-state index in [2.05, 4.69) is 185 Å². The summed E-state index contributed by atoms with van der Waals surface area (Å²) in [6.07, 6.45) is 0.861. The number of hydrogen-bond donors (Lipinski definition) is 0. The van der Waals surface area contributed by atoms with Crippen molar-refractivity contribution in [3.8, 4) is 22.3 Å². The molecule has 39 heavy (non-hydrogen) atoms. The normalized spacial score (nSPS) is 12.4. The molecule has 0 atom stereocenters. The first-order valence-electron chi connectivity index (χ1n) is 13.3. The van der Waals surface area contributed by atoms with Gasteiger partial charge >= 0.3 is 241 Å². The predicted octanol–water partition coefficient (Wildman–Crippen LogP) is 9.36. The summed E-state index contributed by atoms with van der Waals surface area (Å²) in [5.74, 6) is 0. The second kappa shape index (κ2) is 10.8. The van der Waals surface area contributed by atoms with Crippen LogP contribution in [0.5, 0.6) is 0 Å². The number of benzene rings is 6. The summed E-state index contributed by atoms with van der Waals surface area (Å²) in [5.41, 5.74) is 6.30. The molecule has 0 unspecified atom stereocenters. The van der Waals surface area contributed by atoms with E-state index in [4.69, 9.17) is 0 Å². The summed E-state index contributed by atoms with van der Waals surface area (Å²) in [6, 6.07) is 61.5. The molecule has 0 bridgehead atoms. The van der Waals surface area contributed by atoms with Crippen molar-refractivity contribution >= 4 is 36.7 Å². The molecule has 0 spiro atoms. The fourth-order valence-electron chi connectivity index (χ4n) is 5.67. The van der Waals surface area contributed by atoms with Gasteiger partial charge in [0.05, 0.1) is 0 Å². The van der Waals surface area contributed by atoms with Gasteiger partial charge in [-0.3, -0.25) is 0 Å². The molecule has 2 heteroatoms. The summed E-state index contributed by atoms with van der Waals surface area (Å²) in [7, 11) is 0. The topological polar surface area (TPSA) is 0 Å². The molecule has 0 aromatic heterocycles. The van der Waals surface area contributed by atoms with Crippen molar-refractivity contribution in [2.75, 3.05) is 0 Å². The molecular formula is C37H30BrP. The molecular weight excluding hydrogens is 555 g/mol. The van der Waals surface area contributed by atoms with Crippen LogP contribution in [0.3, 0.4) is 0 Å². The monoisotopic (exact) mass is 584 g/mol. The van der Waals surface area contributed by atoms with Crippen LogP contribution in [0.25, 0.3) is 22.3 Å². The van der Waals surface area contributed by atoms with Gasteiger partial charge in [0.2, 0.25) is 0 Å². The van der Waals surface area contributed by atoms with Gasteiger partial charge in [-0.25, -0.2) is 0 Å². The van der Waals surface area contributed by atoms with Crippen LogP contribution in [-0.2, 0) is 6.16 Å². The van der Waals surface area contributed by atoms with Gasteiger partial charge in [0, 0.05) is 0 Å². The minimum atomic E-state index is -3.10. The molecule has 6 aromatic carbocycles. The third-order valence-corrected chi connectivity index (χ3v) is 17.2. The number of hydrogen-bond acceptors (Lipinski definition) is 0. The van der Waals surface area contributed by atoms with E-state index in [9.17, 15) is 0 Å². The van der Waals surface area contributed by atoms with Gasteiger partial charge in [0.1, 0.15) is 0 Å². The van der Waals surface area contributed by atoms with Crippen LogP contribution in [0.4, 0.5) is 0 Å². The van der Waals surface area contributed by atoms with E-state index in [0.717, 1.165) is 6.16 Å². The van der Waals surface area contributed by atoms with E-state index in [-0.39, 0.29) is 0 Å². The number of halogens is 1. The first-order valence-corrected chi connectivity index (χ1v) is 17.7. The van der Waals surface area contributed by atoms with Gasteiger partial charge in [-0.05, 0) is 0 Å². The van der Waals surface area contributed by atoms with Crippen molar-refractivity contribution in [2.45, 2.75) is 6.16 Å². The SMILES string of the molecule is BrP(Cc1ccccc1-c1ccc(-c2ccccc2)cc1)(c1ccccc1)(c1ccccc1)c1ccccc1. The Morgan fingerprint density at radius 3 is 1.21 bits per heavy atom. The van der Waals surface area contributed by atoms with Gasteiger partial charge in [-0.15, -0.1) is 0 Å². The van der Waals surface area contributed by atoms with Crippen LogP contribution in [-0.4, -0.2) is 0 Å². The third kappa shape index (κ3) is 4.67. The van der Waals surface area contributed by atoms with E-state index in [0.29, 0.717) is 0 Å². The Kier molecular flexibility index (Phi) is 7.05. The van der Waals surface area contributed by atoms with Gasteiger partial charge < -0.3 is 0 Å². The zero-order valence-electron chi connectivity index (χ0n) is 21.7. The molecule has 0 nitrogen and oxygen atoms in total. The van der Waals surface area contributed by atoms with E-state index >= 15 is 0 Å². The maximum absolute atomic E-state index is 4.63. The Balaban J connectivity index is 1.55. The Morgan fingerprint density at radius 1 is 0.359 bits per heavy atom. The van der Waals surface area contributed by atoms with Crippen molar-refractivity contribution < 1.29 is 0 Å². The van der Waals surface area contributed by atoms with Crippen LogP contribution >= 0.6 is 20.8 Å². The molecule has 0 N–H and O–H groups in total. The van der Waals surface area contributed by atoms with Crippen molar-refractivity contribution in [1.82, 2.24) is 0 Å². The van der Waals surface area contributed by atoms with Crippen LogP contribution in [0.15, 0.2) is 170 Å². The fourth-order valence-corrected chi connectivity index (χ4v) is 13.3. The summed E-state index contributed by atoms with van der Waals surface area (Å²) >= 11 is 4.63. The van der Waals surface area contributed by atoms with Crippen LogP contribution in [0.2, 0.25) is 0 Å².